The summed E-state index contributed by atoms with van der Waals surface area (Å²) in [5.41, 5.74) is 0.659. The van der Waals surface area contributed by atoms with Gasteiger partial charge in [-0.25, -0.2) is 4.39 Å². The van der Waals surface area contributed by atoms with Gasteiger partial charge >= 0.3 is 0 Å². The first-order chi connectivity index (χ1) is 6.15. The van der Waals surface area contributed by atoms with E-state index < -0.39 is 5.82 Å². The number of rotatable bonds is 2. The summed E-state index contributed by atoms with van der Waals surface area (Å²) in [6.07, 6.45) is 0.162. The summed E-state index contributed by atoms with van der Waals surface area (Å²) in [6.45, 7) is 1.31. The highest BCUT2D eigenvalue weighted by atomic mass is 19.1. The van der Waals surface area contributed by atoms with E-state index in [0.717, 1.165) is 0 Å². The molecule has 0 aliphatic carbocycles. The van der Waals surface area contributed by atoms with Crippen LogP contribution in [0.25, 0.3) is 0 Å². The summed E-state index contributed by atoms with van der Waals surface area (Å²) in [6, 6.07) is 6.12. The maximum Gasteiger partial charge on any atom is 0.162 e. The molecule has 1 aromatic rings. The van der Waals surface area contributed by atoms with Gasteiger partial charge in [0.15, 0.2) is 5.78 Å². The number of halogens is 1. The van der Waals surface area contributed by atoms with Crippen LogP contribution in [0, 0.1) is 17.1 Å². The summed E-state index contributed by atoms with van der Waals surface area (Å²) in [5.74, 6) is -0.860. The van der Waals surface area contributed by atoms with Gasteiger partial charge in [-0.2, -0.15) is 5.26 Å². The maximum absolute atomic E-state index is 13.1. The van der Waals surface area contributed by atoms with E-state index in [2.05, 4.69) is 0 Å². The minimum atomic E-state index is -0.555. The fourth-order valence-corrected chi connectivity index (χ4v) is 1.05. The Morgan fingerprint density at radius 2 is 2.31 bits per heavy atom. The Bertz CT molecular complexity index is 379. The lowest BCUT2D eigenvalue weighted by Gasteiger charge is -1.99. The highest BCUT2D eigenvalue weighted by Gasteiger charge is 2.06. The first kappa shape index (κ1) is 9.40. The van der Waals surface area contributed by atoms with Crippen LogP contribution in [0.3, 0.4) is 0 Å². The average Bonchev–Trinajstić information content (AvgIpc) is 2.04. The van der Waals surface area contributed by atoms with Gasteiger partial charge < -0.3 is 0 Å². The SMILES string of the molecule is CC(=O)c1ccc(CC#N)cc1F. The molecule has 0 aliphatic heterocycles. The molecular weight excluding hydrogens is 169 g/mol. The van der Waals surface area contributed by atoms with Gasteiger partial charge in [-0.1, -0.05) is 6.07 Å². The number of hydrogen-bond donors (Lipinski definition) is 0. The Morgan fingerprint density at radius 3 is 2.77 bits per heavy atom. The lowest BCUT2D eigenvalue weighted by Crippen LogP contribution is -1.97. The van der Waals surface area contributed by atoms with Crippen molar-refractivity contribution in [1.82, 2.24) is 0 Å². The third-order valence-electron chi connectivity index (χ3n) is 1.70. The van der Waals surface area contributed by atoms with Crippen molar-refractivity contribution in [2.45, 2.75) is 13.3 Å². The van der Waals surface area contributed by atoms with Gasteiger partial charge in [0, 0.05) is 0 Å². The molecule has 0 unspecified atom stereocenters. The number of carbonyl (C=O) groups is 1. The summed E-state index contributed by atoms with van der Waals surface area (Å²) < 4.78 is 13.1. The molecule has 1 rings (SSSR count). The lowest BCUT2D eigenvalue weighted by atomic mass is 10.1. The molecule has 0 amide bonds. The summed E-state index contributed by atoms with van der Waals surface area (Å²) in [7, 11) is 0. The summed E-state index contributed by atoms with van der Waals surface area (Å²) in [4.78, 5) is 10.8. The molecule has 0 saturated carbocycles. The highest BCUT2D eigenvalue weighted by molar-refractivity contribution is 5.94. The number of hydrogen-bond acceptors (Lipinski definition) is 2. The molecule has 2 nitrogen and oxygen atoms in total. The molecule has 3 heteroatoms. The van der Waals surface area contributed by atoms with Crippen molar-refractivity contribution in [2.24, 2.45) is 0 Å². The Balaban J connectivity index is 3.07. The molecule has 0 fully saturated rings. The molecule has 66 valence electrons. The number of carbonyl (C=O) groups excluding carboxylic acids is 1. The summed E-state index contributed by atoms with van der Waals surface area (Å²) in [5, 5.41) is 8.35. The number of nitrogens with zero attached hydrogens (tertiary/aromatic N) is 1. The zero-order chi connectivity index (χ0) is 9.84. The Hall–Kier alpha value is -1.69. The molecule has 0 radical (unpaired) electrons. The molecule has 13 heavy (non-hydrogen) atoms. The predicted molar refractivity (Wildman–Crippen MR) is 45.7 cm³/mol. The smallest absolute Gasteiger partial charge is 0.162 e. The largest absolute Gasteiger partial charge is 0.294 e. The van der Waals surface area contributed by atoms with Crippen LogP contribution in [0.2, 0.25) is 0 Å². The van der Waals surface area contributed by atoms with Gasteiger partial charge in [0.1, 0.15) is 5.82 Å². The van der Waals surface area contributed by atoms with E-state index in [1.165, 1.54) is 19.1 Å². The van der Waals surface area contributed by atoms with Crippen molar-refractivity contribution in [3.63, 3.8) is 0 Å². The maximum atomic E-state index is 13.1. The molecule has 0 atom stereocenters. The van der Waals surface area contributed by atoms with E-state index in [1.54, 1.807) is 6.07 Å². The van der Waals surface area contributed by atoms with Gasteiger partial charge in [-0.3, -0.25) is 4.79 Å². The van der Waals surface area contributed by atoms with Crippen LogP contribution < -0.4 is 0 Å². The van der Waals surface area contributed by atoms with Gasteiger partial charge in [0.25, 0.3) is 0 Å². The molecule has 0 aromatic heterocycles. The second kappa shape index (κ2) is 3.81. The number of nitriles is 1. The van der Waals surface area contributed by atoms with E-state index in [9.17, 15) is 9.18 Å². The third-order valence-corrected chi connectivity index (χ3v) is 1.70. The molecule has 0 saturated heterocycles. The van der Waals surface area contributed by atoms with Crippen LogP contribution in [-0.2, 0) is 6.42 Å². The quantitative estimate of drug-likeness (QED) is 0.649. The molecule has 0 spiro atoms. The Morgan fingerprint density at radius 1 is 1.62 bits per heavy atom. The minimum Gasteiger partial charge on any atom is -0.294 e. The van der Waals surface area contributed by atoms with Crippen molar-refractivity contribution in [2.75, 3.05) is 0 Å². The second-order valence-corrected chi connectivity index (χ2v) is 2.71. The van der Waals surface area contributed by atoms with E-state index in [4.69, 9.17) is 5.26 Å². The first-order valence-electron chi connectivity index (χ1n) is 3.81. The van der Waals surface area contributed by atoms with Crippen LogP contribution >= 0.6 is 0 Å². The van der Waals surface area contributed by atoms with Crippen molar-refractivity contribution in [3.8, 4) is 6.07 Å². The van der Waals surface area contributed by atoms with Crippen molar-refractivity contribution in [1.29, 1.82) is 5.26 Å². The highest BCUT2D eigenvalue weighted by Crippen LogP contribution is 2.11. The van der Waals surface area contributed by atoms with Crippen LogP contribution in [0.5, 0.6) is 0 Å². The Labute approximate surface area is 75.6 Å². The number of ketones is 1. The van der Waals surface area contributed by atoms with E-state index in [0.29, 0.717) is 5.56 Å². The zero-order valence-electron chi connectivity index (χ0n) is 7.17. The molecule has 0 bridgehead atoms. The molecular formula is C10H8FNO. The van der Waals surface area contributed by atoms with Gasteiger partial charge in [-0.15, -0.1) is 0 Å². The average molecular weight is 177 g/mol. The molecule has 1 aromatic carbocycles. The summed E-state index contributed by atoms with van der Waals surface area (Å²) >= 11 is 0. The second-order valence-electron chi connectivity index (χ2n) is 2.71. The third kappa shape index (κ3) is 2.12. The van der Waals surface area contributed by atoms with Crippen molar-refractivity contribution >= 4 is 5.78 Å². The fourth-order valence-electron chi connectivity index (χ4n) is 1.05. The van der Waals surface area contributed by atoms with E-state index >= 15 is 0 Å². The fraction of sp³-hybridized carbons (Fsp3) is 0.200. The lowest BCUT2D eigenvalue weighted by molar-refractivity contribution is 0.101. The topological polar surface area (TPSA) is 40.9 Å². The van der Waals surface area contributed by atoms with Crippen LogP contribution in [0.15, 0.2) is 18.2 Å². The van der Waals surface area contributed by atoms with Crippen LogP contribution in [0.4, 0.5) is 4.39 Å². The number of benzene rings is 1. The Kier molecular flexibility index (Phi) is 2.76. The zero-order valence-corrected chi connectivity index (χ0v) is 7.17. The molecule has 0 N–H and O–H groups in total. The standard InChI is InChI=1S/C10H8FNO/c1-7(13)9-3-2-8(4-5-12)6-10(9)11/h2-3,6H,4H2,1H3. The van der Waals surface area contributed by atoms with Crippen molar-refractivity contribution < 1.29 is 9.18 Å². The minimum absolute atomic E-state index is 0.0710. The van der Waals surface area contributed by atoms with Crippen LogP contribution in [0.1, 0.15) is 22.8 Å². The van der Waals surface area contributed by atoms with Gasteiger partial charge in [0.2, 0.25) is 0 Å². The normalized spacial score (nSPS) is 9.31. The van der Waals surface area contributed by atoms with Crippen LogP contribution in [-0.4, -0.2) is 5.78 Å². The molecule has 0 heterocycles. The molecule has 0 aliphatic rings. The van der Waals surface area contributed by atoms with Crippen molar-refractivity contribution in [3.05, 3.63) is 35.1 Å². The number of Topliss-reactive ketones (excluding diaryl/α,β-unsaturated/α-hetero) is 1. The predicted octanol–water partition coefficient (Wildman–Crippen LogP) is 2.09. The van der Waals surface area contributed by atoms with Gasteiger partial charge in [-0.05, 0) is 24.6 Å². The van der Waals surface area contributed by atoms with E-state index in [1.807, 2.05) is 6.07 Å². The monoisotopic (exact) mass is 177 g/mol. The van der Waals surface area contributed by atoms with E-state index in [-0.39, 0.29) is 17.8 Å². The van der Waals surface area contributed by atoms with Gasteiger partial charge in [0.05, 0.1) is 18.1 Å². The first-order valence-corrected chi connectivity index (χ1v) is 3.81.